The zero-order valence-electron chi connectivity index (χ0n) is 6.16. The van der Waals surface area contributed by atoms with E-state index in [1.165, 1.54) is 11.8 Å². The standard InChI is InChI=1S/C4H10O3S2.Na/c1-2-8-3-4-9(5,6)7;/h2-4H2,1H3,(H,5,6,7);/q;+1/p-1. The van der Waals surface area contributed by atoms with Crippen LogP contribution in [0.4, 0.5) is 0 Å². The van der Waals surface area contributed by atoms with Crippen LogP contribution in [0.2, 0.25) is 0 Å². The van der Waals surface area contributed by atoms with Crippen molar-refractivity contribution in [2.45, 2.75) is 6.92 Å². The van der Waals surface area contributed by atoms with Crippen LogP contribution < -0.4 is 29.6 Å². The summed E-state index contributed by atoms with van der Waals surface area (Å²) in [5, 5.41) is 0. The number of thioether (sulfide) groups is 1. The van der Waals surface area contributed by atoms with Gasteiger partial charge in [0.05, 0.1) is 10.1 Å². The first-order valence-electron chi connectivity index (χ1n) is 2.57. The number of hydrogen-bond donors (Lipinski definition) is 0. The summed E-state index contributed by atoms with van der Waals surface area (Å²) in [6.07, 6.45) is 0. The van der Waals surface area contributed by atoms with Crippen molar-refractivity contribution in [2.75, 3.05) is 17.3 Å². The van der Waals surface area contributed by atoms with E-state index in [4.69, 9.17) is 0 Å². The van der Waals surface area contributed by atoms with Gasteiger partial charge >= 0.3 is 29.6 Å². The fraction of sp³-hybridized carbons (Fsp3) is 1.00. The Morgan fingerprint density at radius 3 is 2.30 bits per heavy atom. The van der Waals surface area contributed by atoms with Crippen molar-refractivity contribution >= 4 is 21.9 Å². The van der Waals surface area contributed by atoms with Gasteiger partial charge in [-0.05, 0) is 5.75 Å². The predicted octanol–water partition coefficient (Wildman–Crippen LogP) is -2.71. The first-order chi connectivity index (χ1) is 4.06. The maximum absolute atomic E-state index is 9.94. The van der Waals surface area contributed by atoms with Crippen LogP contribution in [-0.2, 0) is 10.1 Å². The van der Waals surface area contributed by atoms with E-state index in [0.717, 1.165) is 5.75 Å². The topological polar surface area (TPSA) is 57.2 Å². The molecular weight excluding hydrogens is 183 g/mol. The summed E-state index contributed by atoms with van der Waals surface area (Å²) in [4.78, 5) is 0. The van der Waals surface area contributed by atoms with Crippen LogP contribution in [-0.4, -0.2) is 30.2 Å². The molecule has 0 spiro atoms. The molecule has 0 heterocycles. The fourth-order valence-electron chi connectivity index (χ4n) is 0.305. The number of rotatable bonds is 4. The molecule has 0 aliphatic carbocycles. The van der Waals surface area contributed by atoms with Gasteiger partial charge in [0.25, 0.3) is 0 Å². The third-order valence-electron chi connectivity index (χ3n) is 0.682. The molecule has 0 fully saturated rings. The van der Waals surface area contributed by atoms with Gasteiger partial charge in [-0.2, -0.15) is 11.8 Å². The van der Waals surface area contributed by atoms with Gasteiger partial charge < -0.3 is 4.55 Å². The van der Waals surface area contributed by atoms with E-state index in [2.05, 4.69) is 0 Å². The molecule has 0 saturated carbocycles. The van der Waals surface area contributed by atoms with Gasteiger partial charge in [0.2, 0.25) is 0 Å². The van der Waals surface area contributed by atoms with E-state index < -0.39 is 10.1 Å². The van der Waals surface area contributed by atoms with Crippen LogP contribution >= 0.6 is 11.8 Å². The SMILES string of the molecule is CCSCCS(=O)(=O)[O-].[Na+]. The average Bonchev–Trinajstić information content (AvgIpc) is 1.63. The van der Waals surface area contributed by atoms with Crippen molar-refractivity contribution in [3.63, 3.8) is 0 Å². The second-order valence-corrected chi connectivity index (χ2v) is 4.38. The van der Waals surface area contributed by atoms with Gasteiger partial charge in [0.1, 0.15) is 0 Å². The van der Waals surface area contributed by atoms with E-state index in [9.17, 15) is 13.0 Å². The molecular formula is C4H9NaO3S2. The maximum Gasteiger partial charge on any atom is 1.00 e. The van der Waals surface area contributed by atoms with Crippen molar-refractivity contribution < 1.29 is 42.5 Å². The van der Waals surface area contributed by atoms with Gasteiger partial charge in [-0.3, -0.25) is 0 Å². The first kappa shape index (κ1) is 13.8. The Morgan fingerprint density at radius 1 is 1.50 bits per heavy atom. The summed E-state index contributed by atoms with van der Waals surface area (Å²) >= 11 is 1.46. The third kappa shape index (κ3) is 12.0. The molecule has 0 aliphatic heterocycles. The molecule has 3 nitrogen and oxygen atoms in total. The monoisotopic (exact) mass is 192 g/mol. The van der Waals surface area contributed by atoms with Crippen LogP contribution in [0, 0.1) is 0 Å². The quantitative estimate of drug-likeness (QED) is 0.276. The van der Waals surface area contributed by atoms with E-state index >= 15 is 0 Å². The molecule has 0 N–H and O–H groups in total. The molecule has 0 unspecified atom stereocenters. The molecule has 6 heteroatoms. The molecule has 0 atom stereocenters. The van der Waals surface area contributed by atoms with Gasteiger partial charge in [-0.1, -0.05) is 6.92 Å². The molecule has 56 valence electrons. The summed E-state index contributed by atoms with van der Waals surface area (Å²) in [6.45, 7) is 1.92. The molecule has 0 amide bonds. The fourth-order valence-corrected chi connectivity index (χ4v) is 1.88. The van der Waals surface area contributed by atoms with Gasteiger partial charge in [-0.15, -0.1) is 0 Å². The Hall–Kier alpha value is 1.26. The molecule has 0 aliphatic rings. The summed E-state index contributed by atoms with van der Waals surface area (Å²) in [5.74, 6) is 1.03. The second kappa shape index (κ2) is 6.94. The van der Waals surface area contributed by atoms with Gasteiger partial charge in [0.15, 0.2) is 0 Å². The van der Waals surface area contributed by atoms with Crippen LogP contribution in [0.1, 0.15) is 6.92 Å². The Morgan fingerprint density at radius 2 is 2.00 bits per heavy atom. The molecule has 0 aromatic carbocycles. The van der Waals surface area contributed by atoms with Crippen molar-refractivity contribution in [3.05, 3.63) is 0 Å². The van der Waals surface area contributed by atoms with Gasteiger partial charge in [-0.25, -0.2) is 8.42 Å². The van der Waals surface area contributed by atoms with Crippen molar-refractivity contribution in [2.24, 2.45) is 0 Å². The molecule has 0 radical (unpaired) electrons. The van der Waals surface area contributed by atoms with Crippen LogP contribution in [0.15, 0.2) is 0 Å². The van der Waals surface area contributed by atoms with Crippen LogP contribution in [0.3, 0.4) is 0 Å². The van der Waals surface area contributed by atoms with Crippen molar-refractivity contribution in [3.8, 4) is 0 Å². The van der Waals surface area contributed by atoms with Crippen molar-refractivity contribution in [1.82, 2.24) is 0 Å². The summed E-state index contributed by atoms with van der Waals surface area (Å²) in [5.41, 5.74) is 0. The van der Waals surface area contributed by atoms with Gasteiger partial charge in [0, 0.05) is 11.5 Å². The Balaban J connectivity index is 0. The molecule has 0 rings (SSSR count). The summed E-state index contributed by atoms with van der Waals surface area (Å²) < 4.78 is 29.8. The van der Waals surface area contributed by atoms with E-state index in [0.29, 0.717) is 5.75 Å². The molecule has 0 aromatic rings. The third-order valence-corrected chi connectivity index (χ3v) is 2.55. The normalized spacial score (nSPS) is 10.6. The molecule has 10 heavy (non-hydrogen) atoms. The zero-order valence-corrected chi connectivity index (χ0v) is 9.80. The first-order valence-corrected chi connectivity index (χ1v) is 5.31. The van der Waals surface area contributed by atoms with Crippen molar-refractivity contribution in [1.29, 1.82) is 0 Å². The zero-order chi connectivity index (χ0) is 7.33. The molecule has 0 saturated heterocycles. The van der Waals surface area contributed by atoms with E-state index in [-0.39, 0.29) is 35.3 Å². The Labute approximate surface area is 88.0 Å². The summed E-state index contributed by atoms with van der Waals surface area (Å²) in [6, 6.07) is 0. The number of hydrogen-bond acceptors (Lipinski definition) is 4. The Kier molecular flexibility index (Phi) is 9.59. The molecule has 0 aromatic heterocycles. The smallest absolute Gasteiger partial charge is 0.748 e. The molecule has 0 bridgehead atoms. The minimum Gasteiger partial charge on any atom is -0.748 e. The second-order valence-electron chi connectivity index (χ2n) is 1.46. The minimum absolute atomic E-state index is 0. The summed E-state index contributed by atoms with van der Waals surface area (Å²) in [7, 11) is -3.97. The van der Waals surface area contributed by atoms with Crippen LogP contribution in [0.25, 0.3) is 0 Å². The largest absolute Gasteiger partial charge is 1.00 e. The minimum atomic E-state index is -3.97. The average molecular weight is 192 g/mol. The Bertz CT molecular complexity index is 154. The van der Waals surface area contributed by atoms with E-state index in [1.54, 1.807) is 0 Å². The van der Waals surface area contributed by atoms with E-state index in [1.807, 2.05) is 6.92 Å². The maximum atomic E-state index is 9.94. The predicted molar refractivity (Wildman–Crippen MR) is 37.6 cm³/mol. The van der Waals surface area contributed by atoms with Crippen LogP contribution in [0.5, 0.6) is 0 Å².